The van der Waals surface area contributed by atoms with E-state index < -0.39 is 10.0 Å². The third-order valence-corrected chi connectivity index (χ3v) is 6.29. The molecule has 1 atom stereocenters. The Hall–Kier alpha value is -1.70. The van der Waals surface area contributed by atoms with Crippen LogP contribution >= 0.6 is 0 Å². The van der Waals surface area contributed by atoms with Gasteiger partial charge in [-0.15, -0.1) is 0 Å². The molecule has 6 nitrogen and oxygen atoms in total. The largest absolute Gasteiger partial charge is 0.319 e. The van der Waals surface area contributed by atoms with Gasteiger partial charge in [0, 0.05) is 13.1 Å². The minimum atomic E-state index is -3.49. The average Bonchev–Trinajstić information content (AvgIpc) is 3.07. The molecule has 0 radical (unpaired) electrons. The zero-order valence-electron chi connectivity index (χ0n) is 14.1. The Balaban J connectivity index is 1.81. The maximum Gasteiger partial charge on any atom is 0.246 e. The molecule has 1 N–H and O–H groups in total. The molecule has 1 saturated heterocycles. The molecule has 1 aromatic heterocycles. The maximum absolute atomic E-state index is 12.9. The molecule has 0 unspecified atom stereocenters. The number of benzene rings is 1. The van der Waals surface area contributed by atoms with Gasteiger partial charge in [0.25, 0.3) is 0 Å². The summed E-state index contributed by atoms with van der Waals surface area (Å²) in [6.07, 6.45) is 5.01. The summed E-state index contributed by atoms with van der Waals surface area (Å²) in [6.45, 7) is 4.01. The molecule has 0 saturated carbocycles. The second-order valence-corrected chi connectivity index (χ2v) is 8.32. The third-order valence-electron chi connectivity index (χ3n) is 4.47. The van der Waals surface area contributed by atoms with Gasteiger partial charge in [-0.05, 0) is 51.4 Å². The number of piperidine rings is 1. The van der Waals surface area contributed by atoms with Gasteiger partial charge < -0.3 is 5.32 Å². The predicted molar refractivity (Wildman–Crippen MR) is 93.7 cm³/mol. The maximum atomic E-state index is 12.9. The van der Waals surface area contributed by atoms with E-state index in [0.717, 1.165) is 30.6 Å². The highest BCUT2D eigenvalue weighted by molar-refractivity contribution is 7.89. The van der Waals surface area contributed by atoms with Crippen LogP contribution in [0.15, 0.2) is 41.6 Å². The molecule has 1 fully saturated rings. The molecular weight excluding hydrogens is 324 g/mol. The van der Waals surface area contributed by atoms with Crippen molar-refractivity contribution >= 4 is 10.0 Å². The Morgan fingerprint density at radius 2 is 2.04 bits per heavy atom. The van der Waals surface area contributed by atoms with Gasteiger partial charge in [0.2, 0.25) is 10.0 Å². The first-order chi connectivity index (χ1) is 11.5. The summed E-state index contributed by atoms with van der Waals surface area (Å²) in [6, 6.07) is 7.83. The Labute approximate surface area is 143 Å². The topological polar surface area (TPSA) is 67.2 Å². The van der Waals surface area contributed by atoms with E-state index in [0.29, 0.717) is 19.0 Å². The van der Waals surface area contributed by atoms with E-state index in [1.807, 2.05) is 38.2 Å². The quantitative estimate of drug-likeness (QED) is 0.895. The van der Waals surface area contributed by atoms with Gasteiger partial charge in [0.15, 0.2) is 0 Å². The van der Waals surface area contributed by atoms with E-state index in [9.17, 15) is 8.42 Å². The zero-order chi connectivity index (χ0) is 17.2. The van der Waals surface area contributed by atoms with Gasteiger partial charge in [-0.3, -0.25) is 0 Å². The van der Waals surface area contributed by atoms with Crippen molar-refractivity contribution in [1.29, 1.82) is 0 Å². The fourth-order valence-corrected chi connectivity index (χ4v) is 4.62. The van der Waals surface area contributed by atoms with Crippen LogP contribution in [0, 0.1) is 12.8 Å². The number of nitrogens with zero attached hydrogens (tertiary/aromatic N) is 3. The predicted octanol–water partition coefficient (Wildman–Crippen LogP) is 1.80. The second kappa shape index (κ2) is 7.04. The number of sulfonamides is 1. The summed E-state index contributed by atoms with van der Waals surface area (Å²) >= 11 is 0. The molecule has 24 heavy (non-hydrogen) atoms. The molecule has 1 aliphatic heterocycles. The lowest BCUT2D eigenvalue weighted by molar-refractivity contribution is 0.263. The van der Waals surface area contributed by atoms with Crippen molar-refractivity contribution in [2.45, 2.75) is 24.7 Å². The highest BCUT2D eigenvalue weighted by Gasteiger charge is 2.31. The van der Waals surface area contributed by atoms with Crippen molar-refractivity contribution in [3.8, 4) is 5.69 Å². The smallest absolute Gasteiger partial charge is 0.246 e. The Kier molecular flexibility index (Phi) is 5.03. The number of nitrogens with one attached hydrogen (secondary N) is 1. The molecule has 2 heterocycles. The molecule has 130 valence electrons. The van der Waals surface area contributed by atoms with Crippen LogP contribution in [0.3, 0.4) is 0 Å². The van der Waals surface area contributed by atoms with Crippen LogP contribution in [0.25, 0.3) is 5.69 Å². The lowest BCUT2D eigenvalue weighted by Gasteiger charge is -2.31. The molecule has 3 rings (SSSR count). The fourth-order valence-electron chi connectivity index (χ4n) is 3.13. The molecule has 0 bridgehead atoms. The molecule has 7 heteroatoms. The SMILES string of the molecule is CNC[C@H]1CCCN(S(=O)(=O)c2cnn(-c3ccc(C)cc3)c2)C1. The fraction of sp³-hybridized carbons (Fsp3) is 0.471. The summed E-state index contributed by atoms with van der Waals surface area (Å²) < 4.78 is 29.0. The average molecular weight is 348 g/mol. The van der Waals surface area contributed by atoms with E-state index in [-0.39, 0.29) is 4.90 Å². The van der Waals surface area contributed by atoms with Gasteiger partial charge in [0.05, 0.1) is 18.1 Å². The van der Waals surface area contributed by atoms with Gasteiger partial charge >= 0.3 is 0 Å². The molecule has 1 aliphatic rings. The third kappa shape index (κ3) is 3.53. The first-order valence-corrected chi connectivity index (χ1v) is 9.71. The van der Waals surface area contributed by atoms with E-state index in [1.165, 1.54) is 6.20 Å². The monoisotopic (exact) mass is 348 g/mol. The van der Waals surface area contributed by atoms with Crippen molar-refractivity contribution in [1.82, 2.24) is 19.4 Å². The standard InChI is InChI=1S/C17H24N4O2S/c1-14-5-7-16(8-6-14)21-13-17(11-19-21)24(22,23)20-9-3-4-15(12-20)10-18-2/h5-8,11,13,15,18H,3-4,9-10,12H2,1-2H3/t15-/m1/s1. The van der Waals surface area contributed by atoms with Crippen LogP contribution in [0.1, 0.15) is 18.4 Å². The lowest BCUT2D eigenvalue weighted by atomic mass is 10.00. The van der Waals surface area contributed by atoms with Gasteiger partial charge in [0.1, 0.15) is 4.90 Å². The highest BCUT2D eigenvalue weighted by Crippen LogP contribution is 2.23. The molecule has 0 aliphatic carbocycles. The zero-order valence-corrected chi connectivity index (χ0v) is 15.0. The highest BCUT2D eigenvalue weighted by atomic mass is 32.2. The van der Waals surface area contributed by atoms with Gasteiger partial charge in [-0.1, -0.05) is 17.7 Å². The first kappa shape index (κ1) is 17.1. The second-order valence-electron chi connectivity index (χ2n) is 6.39. The number of hydrogen-bond acceptors (Lipinski definition) is 4. The first-order valence-electron chi connectivity index (χ1n) is 8.27. The van der Waals surface area contributed by atoms with Gasteiger partial charge in [-0.2, -0.15) is 9.40 Å². The van der Waals surface area contributed by atoms with Crippen LogP contribution in [-0.4, -0.2) is 49.2 Å². The van der Waals surface area contributed by atoms with Gasteiger partial charge in [-0.25, -0.2) is 13.1 Å². The summed E-state index contributed by atoms with van der Waals surface area (Å²) in [4.78, 5) is 0.258. The Morgan fingerprint density at radius 3 is 2.75 bits per heavy atom. The number of rotatable bonds is 5. The van der Waals surface area contributed by atoms with Crippen LogP contribution in [-0.2, 0) is 10.0 Å². The van der Waals surface area contributed by atoms with Crippen molar-refractivity contribution in [2.75, 3.05) is 26.7 Å². The summed E-state index contributed by atoms with van der Waals surface area (Å²) in [5.74, 6) is 0.366. The normalized spacial score (nSPS) is 19.5. The van der Waals surface area contributed by atoms with Crippen LogP contribution < -0.4 is 5.32 Å². The van der Waals surface area contributed by atoms with E-state index in [4.69, 9.17) is 0 Å². The molecule has 0 amide bonds. The number of hydrogen-bond donors (Lipinski definition) is 1. The van der Waals surface area contributed by atoms with Crippen molar-refractivity contribution in [2.24, 2.45) is 5.92 Å². The molecule has 1 aromatic carbocycles. The summed E-state index contributed by atoms with van der Waals surface area (Å²) in [7, 11) is -1.58. The Morgan fingerprint density at radius 1 is 1.29 bits per heavy atom. The minimum absolute atomic E-state index is 0.258. The van der Waals surface area contributed by atoms with Crippen LogP contribution in [0.5, 0.6) is 0 Å². The Bertz CT molecular complexity index is 781. The van der Waals surface area contributed by atoms with Crippen LogP contribution in [0.2, 0.25) is 0 Å². The van der Waals surface area contributed by atoms with Crippen molar-refractivity contribution in [3.63, 3.8) is 0 Å². The van der Waals surface area contributed by atoms with E-state index >= 15 is 0 Å². The molecule has 0 spiro atoms. The molecular formula is C17H24N4O2S. The summed E-state index contributed by atoms with van der Waals surface area (Å²) in [5, 5.41) is 7.37. The van der Waals surface area contributed by atoms with Crippen molar-refractivity contribution < 1.29 is 8.42 Å². The van der Waals surface area contributed by atoms with E-state index in [2.05, 4.69) is 10.4 Å². The van der Waals surface area contributed by atoms with Crippen molar-refractivity contribution in [3.05, 3.63) is 42.2 Å². The summed E-state index contributed by atoms with van der Waals surface area (Å²) in [5.41, 5.74) is 2.01. The lowest BCUT2D eigenvalue weighted by Crippen LogP contribution is -2.42. The van der Waals surface area contributed by atoms with E-state index in [1.54, 1.807) is 15.2 Å². The number of aryl methyl sites for hydroxylation is 1. The minimum Gasteiger partial charge on any atom is -0.319 e. The molecule has 2 aromatic rings. The number of aromatic nitrogens is 2. The van der Waals surface area contributed by atoms with Crippen LogP contribution in [0.4, 0.5) is 0 Å².